The predicted octanol–water partition coefficient (Wildman–Crippen LogP) is 3.32. The van der Waals surface area contributed by atoms with Crippen LogP contribution >= 0.6 is 0 Å². The SMILES string of the molecule is CNC(c1ccnc(C)c1)c1c(C)cc(C)cc1OC. The molecule has 20 heavy (non-hydrogen) atoms. The minimum Gasteiger partial charge on any atom is -0.496 e. The Hall–Kier alpha value is -1.87. The predicted molar refractivity (Wildman–Crippen MR) is 82.3 cm³/mol. The van der Waals surface area contributed by atoms with E-state index in [1.54, 1.807) is 7.11 Å². The van der Waals surface area contributed by atoms with Crippen LogP contribution in [0.5, 0.6) is 5.75 Å². The average molecular weight is 270 g/mol. The number of methoxy groups -OCH3 is 1. The van der Waals surface area contributed by atoms with Crippen molar-refractivity contribution in [3.63, 3.8) is 0 Å². The molecule has 1 aromatic heterocycles. The Kier molecular flexibility index (Phi) is 4.40. The second kappa shape index (κ2) is 6.06. The van der Waals surface area contributed by atoms with Gasteiger partial charge in [-0.15, -0.1) is 0 Å². The first-order valence-corrected chi connectivity index (χ1v) is 6.81. The van der Waals surface area contributed by atoms with Crippen LogP contribution in [-0.2, 0) is 0 Å². The monoisotopic (exact) mass is 270 g/mol. The topological polar surface area (TPSA) is 34.2 Å². The number of pyridine rings is 1. The summed E-state index contributed by atoms with van der Waals surface area (Å²) in [6.07, 6.45) is 1.85. The Morgan fingerprint density at radius 2 is 1.90 bits per heavy atom. The van der Waals surface area contributed by atoms with Crippen molar-refractivity contribution < 1.29 is 4.74 Å². The third-order valence-electron chi connectivity index (χ3n) is 3.54. The van der Waals surface area contributed by atoms with E-state index in [-0.39, 0.29) is 6.04 Å². The normalized spacial score (nSPS) is 12.2. The quantitative estimate of drug-likeness (QED) is 0.925. The van der Waals surface area contributed by atoms with Crippen LogP contribution in [0.15, 0.2) is 30.5 Å². The van der Waals surface area contributed by atoms with Crippen molar-refractivity contribution in [1.29, 1.82) is 0 Å². The summed E-state index contributed by atoms with van der Waals surface area (Å²) in [5, 5.41) is 3.39. The summed E-state index contributed by atoms with van der Waals surface area (Å²) in [6.45, 7) is 6.23. The Morgan fingerprint density at radius 3 is 2.50 bits per heavy atom. The second-order valence-electron chi connectivity index (χ2n) is 5.15. The van der Waals surface area contributed by atoms with E-state index in [0.717, 1.165) is 11.4 Å². The van der Waals surface area contributed by atoms with Crippen LogP contribution in [-0.4, -0.2) is 19.1 Å². The third kappa shape index (κ3) is 2.83. The molecule has 0 aliphatic carbocycles. The van der Waals surface area contributed by atoms with E-state index in [1.165, 1.54) is 22.3 Å². The summed E-state index contributed by atoms with van der Waals surface area (Å²) >= 11 is 0. The molecular weight excluding hydrogens is 248 g/mol. The number of rotatable bonds is 4. The van der Waals surface area contributed by atoms with Crippen LogP contribution in [0.3, 0.4) is 0 Å². The zero-order valence-corrected chi connectivity index (χ0v) is 12.8. The van der Waals surface area contributed by atoms with E-state index in [1.807, 2.05) is 26.2 Å². The summed E-state index contributed by atoms with van der Waals surface area (Å²) < 4.78 is 5.59. The van der Waals surface area contributed by atoms with E-state index < -0.39 is 0 Å². The van der Waals surface area contributed by atoms with Gasteiger partial charge < -0.3 is 10.1 Å². The van der Waals surface area contributed by atoms with Crippen LogP contribution in [0.4, 0.5) is 0 Å². The molecule has 0 spiro atoms. The molecule has 0 aliphatic heterocycles. The Labute approximate surface area is 121 Å². The lowest BCUT2D eigenvalue weighted by atomic mass is 9.93. The van der Waals surface area contributed by atoms with Gasteiger partial charge in [0.05, 0.1) is 13.2 Å². The molecule has 1 unspecified atom stereocenters. The Balaban J connectivity index is 2.57. The fourth-order valence-corrected chi connectivity index (χ4v) is 2.70. The minimum absolute atomic E-state index is 0.104. The molecular formula is C17H22N2O. The van der Waals surface area contributed by atoms with Crippen molar-refractivity contribution >= 4 is 0 Å². The average Bonchev–Trinajstić information content (AvgIpc) is 2.41. The molecule has 0 fully saturated rings. The number of hydrogen-bond donors (Lipinski definition) is 1. The largest absolute Gasteiger partial charge is 0.496 e. The van der Waals surface area contributed by atoms with Gasteiger partial charge in [0.15, 0.2) is 0 Å². The fraction of sp³-hybridized carbons (Fsp3) is 0.353. The first kappa shape index (κ1) is 14.5. The zero-order valence-electron chi connectivity index (χ0n) is 12.8. The van der Waals surface area contributed by atoms with Crippen LogP contribution in [0, 0.1) is 20.8 Å². The maximum absolute atomic E-state index is 5.59. The number of nitrogens with one attached hydrogen (secondary N) is 1. The van der Waals surface area contributed by atoms with E-state index in [2.05, 4.69) is 42.3 Å². The van der Waals surface area contributed by atoms with Crippen LogP contribution in [0.2, 0.25) is 0 Å². The van der Waals surface area contributed by atoms with E-state index in [4.69, 9.17) is 4.74 Å². The van der Waals surface area contributed by atoms with Gasteiger partial charge in [0.1, 0.15) is 5.75 Å². The molecule has 2 aromatic rings. The second-order valence-corrected chi connectivity index (χ2v) is 5.15. The van der Waals surface area contributed by atoms with Crippen molar-refractivity contribution in [2.75, 3.05) is 14.2 Å². The number of hydrogen-bond acceptors (Lipinski definition) is 3. The highest BCUT2D eigenvalue weighted by Crippen LogP contribution is 2.33. The lowest BCUT2D eigenvalue weighted by Gasteiger charge is -2.23. The molecule has 0 aliphatic rings. The lowest BCUT2D eigenvalue weighted by molar-refractivity contribution is 0.404. The number of ether oxygens (including phenoxy) is 1. The minimum atomic E-state index is 0.104. The van der Waals surface area contributed by atoms with Crippen LogP contribution in [0.1, 0.15) is 34.0 Å². The highest BCUT2D eigenvalue weighted by molar-refractivity contribution is 5.48. The molecule has 0 radical (unpaired) electrons. The first-order valence-electron chi connectivity index (χ1n) is 6.81. The van der Waals surface area contributed by atoms with Crippen molar-refractivity contribution in [2.45, 2.75) is 26.8 Å². The molecule has 3 heteroatoms. The molecule has 0 saturated carbocycles. The van der Waals surface area contributed by atoms with Gasteiger partial charge in [0.25, 0.3) is 0 Å². The molecule has 0 bridgehead atoms. The molecule has 3 nitrogen and oxygen atoms in total. The summed E-state index contributed by atoms with van der Waals surface area (Å²) in [5.74, 6) is 0.927. The molecule has 1 aromatic carbocycles. The molecule has 106 valence electrons. The Morgan fingerprint density at radius 1 is 1.15 bits per heavy atom. The van der Waals surface area contributed by atoms with Gasteiger partial charge in [-0.25, -0.2) is 0 Å². The van der Waals surface area contributed by atoms with Crippen molar-refractivity contribution in [3.05, 3.63) is 58.4 Å². The third-order valence-corrected chi connectivity index (χ3v) is 3.54. The summed E-state index contributed by atoms with van der Waals surface area (Å²) in [4.78, 5) is 4.27. The van der Waals surface area contributed by atoms with Gasteiger partial charge in [-0.05, 0) is 62.7 Å². The number of aryl methyl sites for hydroxylation is 3. The van der Waals surface area contributed by atoms with E-state index in [9.17, 15) is 0 Å². The van der Waals surface area contributed by atoms with Crippen LogP contribution in [0.25, 0.3) is 0 Å². The van der Waals surface area contributed by atoms with Crippen LogP contribution < -0.4 is 10.1 Å². The molecule has 0 amide bonds. The maximum atomic E-state index is 5.59. The lowest BCUT2D eigenvalue weighted by Crippen LogP contribution is -2.20. The molecule has 1 atom stereocenters. The standard InChI is InChI=1S/C17H22N2O/c1-11-8-12(2)16(15(9-11)20-5)17(18-4)14-6-7-19-13(3)10-14/h6-10,17-18H,1-5H3. The summed E-state index contributed by atoms with van der Waals surface area (Å²) in [6, 6.07) is 8.54. The van der Waals surface area contributed by atoms with Gasteiger partial charge in [-0.1, -0.05) is 6.07 Å². The molecule has 1 heterocycles. The van der Waals surface area contributed by atoms with Gasteiger partial charge in [0, 0.05) is 17.5 Å². The Bertz CT molecular complexity index is 608. The highest BCUT2D eigenvalue weighted by Gasteiger charge is 2.19. The molecule has 2 rings (SSSR count). The van der Waals surface area contributed by atoms with Crippen molar-refractivity contribution in [2.24, 2.45) is 0 Å². The molecule has 0 saturated heterocycles. The van der Waals surface area contributed by atoms with E-state index in [0.29, 0.717) is 0 Å². The maximum Gasteiger partial charge on any atom is 0.124 e. The zero-order chi connectivity index (χ0) is 14.7. The summed E-state index contributed by atoms with van der Waals surface area (Å²) in [7, 11) is 3.70. The van der Waals surface area contributed by atoms with Crippen molar-refractivity contribution in [3.8, 4) is 5.75 Å². The highest BCUT2D eigenvalue weighted by atomic mass is 16.5. The molecule has 1 N–H and O–H groups in total. The first-order chi connectivity index (χ1) is 9.56. The van der Waals surface area contributed by atoms with Gasteiger partial charge in [-0.3, -0.25) is 4.98 Å². The van der Waals surface area contributed by atoms with Crippen molar-refractivity contribution in [1.82, 2.24) is 10.3 Å². The van der Waals surface area contributed by atoms with Gasteiger partial charge in [-0.2, -0.15) is 0 Å². The number of benzene rings is 1. The van der Waals surface area contributed by atoms with Gasteiger partial charge in [0.2, 0.25) is 0 Å². The summed E-state index contributed by atoms with van der Waals surface area (Å²) in [5.41, 5.74) is 5.85. The van der Waals surface area contributed by atoms with Gasteiger partial charge >= 0.3 is 0 Å². The fourth-order valence-electron chi connectivity index (χ4n) is 2.70. The smallest absolute Gasteiger partial charge is 0.124 e. The van der Waals surface area contributed by atoms with E-state index >= 15 is 0 Å². The number of nitrogens with zero attached hydrogens (tertiary/aromatic N) is 1. The number of aromatic nitrogens is 1.